The summed E-state index contributed by atoms with van der Waals surface area (Å²) in [5.41, 5.74) is 10.4. The fraction of sp³-hybridized carbons (Fsp3) is 0.576. The molecule has 2 saturated carbocycles. The van der Waals surface area contributed by atoms with Crippen molar-refractivity contribution in [2.75, 3.05) is 33.2 Å². The normalized spacial score (nSPS) is 24.9. The van der Waals surface area contributed by atoms with E-state index >= 15 is 0 Å². The SMILES string of the molecule is CC1CC1CC(c1ccc(-c2ccc(C[C@@H](C#N)NC(=O)C3(N)CCCCC3)cc2)cc1)N1CCN(C)CC1. The lowest BCUT2D eigenvalue weighted by Gasteiger charge is -2.38. The van der Waals surface area contributed by atoms with E-state index in [0.29, 0.717) is 25.3 Å². The number of nitrogens with two attached hydrogens (primary N) is 1. The van der Waals surface area contributed by atoms with Crippen LogP contribution in [-0.2, 0) is 11.2 Å². The van der Waals surface area contributed by atoms with Gasteiger partial charge in [0.05, 0.1) is 11.6 Å². The number of benzene rings is 2. The van der Waals surface area contributed by atoms with Gasteiger partial charge in [0.25, 0.3) is 0 Å². The minimum Gasteiger partial charge on any atom is -0.338 e. The van der Waals surface area contributed by atoms with E-state index in [1.54, 1.807) is 0 Å². The van der Waals surface area contributed by atoms with Crippen LogP contribution in [0.5, 0.6) is 0 Å². The second-order valence-corrected chi connectivity index (χ2v) is 12.5. The second-order valence-electron chi connectivity index (χ2n) is 12.5. The van der Waals surface area contributed by atoms with Crippen molar-refractivity contribution in [3.05, 3.63) is 59.7 Å². The Balaban J connectivity index is 1.21. The largest absolute Gasteiger partial charge is 0.338 e. The fourth-order valence-corrected chi connectivity index (χ4v) is 6.45. The maximum Gasteiger partial charge on any atom is 0.241 e. The maximum absolute atomic E-state index is 12.8. The van der Waals surface area contributed by atoms with Gasteiger partial charge in [-0.05, 0) is 66.8 Å². The maximum atomic E-state index is 12.8. The molecule has 2 aliphatic carbocycles. The van der Waals surface area contributed by atoms with Gasteiger partial charge < -0.3 is 16.0 Å². The van der Waals surface area contributed by atoms with Gasteiger partial charge in [-0.1, -0.05) is 74.7 Å². The topological polar surface area (TPSA) is 85.4 Å². The van der Waals surface area contributed by atoms with E-state index in [9.17, 15) is 10.1 Å². The van der Waals surface area contributed by atoms with Crippen LogP contribution in [0.25, 0.3) is 11.1 Å². The van der Waals surface area contributed by atoms with Gasteiger partial charge in [0, 0.05) is 38.6 Å². The minimum atomic E-state index is -0.830. The molecule has 0 aromatic heterocycles. The number of nitrogens with zero attached hydrogens (tertiary/aromatic N) is 3. The van der Waals surface area contributed by atoms with Crippen molar-refractivity contribution in [1.29, 1.82) is 5.26 Å². The van der Waals surface area contributed by atoms with Crippen LogP contribution < -0.4 is 11.1 Å². The zero-order valence-electron chi connectivity index (χ0n) is 23.7. The van der Waals surface area contributed by atoms with Crippen LogP contribution in [0.1, 0.15) is 69.0 Å². The number of amides is 1. The molecule has 0 spiro atoms. The first-order chi connectivity index (χ1) is 18.8. The molecule has 3 N–H and O–H groups in total. The number of nitriles is 1. The number of carbonyl (C=O) groups is 1. The van der Waals surface area contributed by atoms with Crippen LogP contribution in [0.4, 0.5) is 0 Å². The first-order valence-electron chi connectivity index (χ1n) is 15.0. The minimum absolute atomic E-state index is 0.184. The highest BCUT2D eigenvalue weighted by Crippen LogP contribution is 2.45. The average molecular weight is 528 g/mol. The predicted molar refractivity (Wildman–Crippen MR) is 157 cm³/mol. The highest BCUT2D eigenvalue weighted by atomic mass is 16.2. The standard InChI is InChI=1S/C33H45N5O/c1-24-20-29(24)22-31(38-18-16-37(2)17-19-38)28-12-10-27(11-13-28)26-8-6-25(7-9-26)21-30(23-34)36-32(39)33(35)14-4-3-5-15-33/h6-13,24,29-31H,3-5,14-22,35H2,1-2H3,(H,36,39)/t24?,29?,30-,31?/m0/s1. The molecule has 39 heavy (non-hydrogen) atoms. The van der Waals surface area contributed by atoms with Crippen molar-refractivity contribution in [3.63, 3.8) is 0 Å². The molecule has 208 valence electrons. The Labute approximate surface area is 234 Å². The molecule has 6 nitrogen and oxygen atoms in total. The third kappa shape index (κ3) is 6.90. The number of nitrogens with one attached hydrogen (secondary N) is 1. The predicted octanol–water partition coefficient (Wildman–Crippen LogP) is 4.90. The summed E-state index contributed by atoms with van der Waals surface area (Å²) in [4.78, 5) is 17.9. The van der Waals surface area contributed by atoms with Gasteiger partial charge in [-0.25, -0.2) is 0 Å². The van der Waals surface area contributed by atoms with Crippen LogP contribution >= 0.6 is 0 Å². The molecule has 5 rings (SSSR count). The molecule has 2 aromatic rings. The molecule has 1 amide bonds. The summed E-state index contributed by atoms with van der Waals surface area (Å²) in [5, 5.41) is 12.6. The highest BCUT2D eigenvalue weighted by molar-refractivity contribution is 5.86. The van der Waals surface area contributed by atoms with E-state index < -0.39 is 11.6 Å². The molecule has 3 aliphatic rings. The van der Waals surface area contributed by atoms with E-state index in [-0.39, 0.29) is 5.91 Å². The number of piperazine rings is 1. The van der Waals surface area contributed by atoms with Crippen molar-refractivity contribution in [2.24, 2.45) is 17.6 Å². The first-order valence-corrected chi connectivity index (χ1v) is 15.0. The Kier molecular flexibility index (Phi) is 8.71. The summed E-state index contributed by atoms with van der Waals surface area (Å²) in [6.45, 7) is 6.95. The molecule has 1 saturated heterocycles. The fourth-order valence-electron chi connectivity index (χ4n) is 6.45. The van der Waals surface area contributed by atoms with E-state index in [2.05, 4.69) is 83.7 Å². The third-order valence-corrected chi connectivity index (χ3v) is 9.46. The molecule has 0 bridgehead atoms. The van der Waals surface area contributed by atoms with Crippen LogP contribution in [0, 0.1) is 23.2 Å². The lowest BCUT2D eigenvalue weighted by molar-refractivity contribution is -0.127. The monoisotopic (exact) mass is 527 g/mol. The molecule has 6 heteroatoms. The van der Waals surface area contributed by atoms with Gasteiger partial charge in [0.15, 0.2) is 0 Å². The Morgan fingerprint density at radius 3 is 2.18 bits per heavy atom. The number of hydrogen-bond acceptors (Lipinski definition) is 5. The van der Waals surface area contributed by atoms with Crippen LogP contribution in [-0.4, -0.2) is 60.5 Å². The molecule has 3 unspecified atom stereocenters. The molecule has 1 heterocycles. The quantitative estimate of drug-likeness (QED) is 0.485. The van der Waals surface area contributed by atoms with Gasteiger partial charge in [0.1, 0.15) is 6.04 Å². The zero-order valence-corrected chi connectivity index (χ0v) is 23.7. The molecule has 1 aliphatic heterocycles. The summed E-state index contributed by atoms with van der Waals surface area (Å²) in [6.07, 6.45) is 7.57. The summed E-state index contributed by atoms with van der Waals surface area (Å²) in [7, 11) is 2.22. The molecular weight excluding hydrogens is 482 g/mol. The van der Waals surface area contributed by atoms with Crippen molar-refractivity contribution >= 4 is 5.91 Å². The summed E-state index contributed by atoms with van der Waals surface area (Å²) in [5.74, 6) is 1.55. The Morgan fingerprint density at radius 1 is 1.03 bits per heavy atom. The smallest absolute Gasteiger partial charge is 0.241 e. The van der Waals surface area contributed by atoms with Gasteiger partial charge in [0.2, 0.25) is 5.91 Å². The number of carbonyl (C=O) groups excluding carboxylic acids is 1. The first kappa shape index (κ1) is 27.8. The van der Waals surface area contributed by atoms with E-state index in [4.69, 9.17) is 5.73 Å². The Morgan fingerprint density at radius 2 is 1.62 bits per heavy atom. The molecule has 4 atom stereocenters. The summed E-state index contributed by atoms with van der Waals surface area (Å²) in [6, 6.07) is 19.7. The van der Waals surface area contributed by atoms with Crippen molar-refractivity contribution in [2.45, 2.75) is 75.9 Å². The van der Waals surface area contributed by atoms with Gasteiger partial charge in [-0.2, -0.15) is 5.26 Å². The van der Waals surface area contributed by atoms with Crippen molar-refractivity contribution in [3.8, 4) is 17.2 Å². The van der Waals surface area contributed by atoms with Crippen LogP contribution in [0.2, 0.25) is 0 Å². The van der Waals surface area contributed by atoms with Gasteiger partial charge >= 0.3 is 0 Å². The van der Waals surface area contributed by atoms with E-state index in [1.807, 2.05) is 0 Å². The Bertz CT molecular complexity index is 1140. The average Bonchev–Trinajstić information content (AvgIpc) is 3.67. The van der Waals surface area contributed by atoms with Crippen LogP contribution in [0.15, 0.2) is 48.5 Å². The van der Waals surface area contributed by atoms with Crippen molar-refractivity contribution in [1.82, 2.24) is 15.1 Å². The zero-order chi connectivity index (χ0) is 27.4. The summed E-state index contributed by atoms with van der Waals surface area (Å²) < 4.78 is 0. The molecule has 3 fully saturated rings. The Hall–Kier alpha value is -2.72. The summed E-state index contributed by atoms with van der Waals surface area (Å²) >= 11 is 0. The lowest BCUT2D eigenvalue weighted by atomic mass is 9.81. The van der Waals surface area contributed by atoms with Gasteiger partial charge in [-0.3, -0.25) is 9.69 Å². The van der Waals surface area contributed by atoms with Crippen molar-refractivity contribution < 1.29 is 4.79 Å². The second kappa shape index (κ2) is 12.2. The molecule has 0 radical (unpaired) electrons. The van der Waals surface area contributed by atoms with E-state index in [0.717, 1.165) is 68.4 Å². The lowest BCUT2D eigenvalue weighted by Crippen LogP contribution is -2.57. The number of rotatable bonds is 9. The van der Waals surface area contributed by atoms with Gasteiger partial charge in [-0.15, -0.1) is 0 Å². The van der Waals surface area contributed by atoms with E-state index in [1.165, 1.54) is 24.0 Å². The number of likely N-dealkylation sites (N-methyl/N-ethyl adjacent to an activating group) is 1. The molecular formula is C33H45N5O. The number of hydrogen-bond donors (Lipinski definition) is 2. The molecule has 2 aromatic carbocycles. The van der Waals surface area contributed by atoms with Crippen LogP contribution in [0.3, 0.4) is 0 Å². The highest BCUT2D eigenvalue weighted by Gasteiger charge is 2.37. The third-order valence-electron chi connectivity index (χ3n) is 9.46.